The van der Waals surface area contributed by atoms with Crippen LogP contribution in [-0.2, 0) is 6.61 Å². The molecule has 0 saturated heterocycles. The number of aryl methyl sites for hydroxylation is 1. The first kappa shape index (κ1) is 15.8. The average molecular weight is 300 g/mol. The summed E-state index contributed by atoms with van der Waals surface area (Å²) in [4.78, 5) is 11.9. The zero-order chi connectivity index (χ0) is 16.1. The molecule has 2 aromatic carbocycles. The van der Waals surface area contributed by atoms with Crippen LogP contribution in [0.1, 0.15) is 11.1 Å². The predicted octanol–water partition coefficient (Wildman–Crippen LogP) is 2.18. The van der Waals surface area contributed by atoms with Crippen LogP contribution >= 0.6 is 0 Å². The van der Waals surface area contributed by atoms with E-state index in [0.717, 1.165) is 26.9 Å². The lowest BCUT2D eigenvalue weighted by Crippen LogP contribution is -2.49. The fraction of sp³-hybridized carbons (Fsp3) is 0.188. The highest BCUT2D eigenvalue weighted by Gasteiger charge is 2.17. The number of hydrazine groups is 2. The molecule has 116 valence electrons. The van der Waals surface area contributed by atoms with Crippen molar-refractivity contribution >= 4 is 11.7 Å². The van der Waals surface area contributed by atoms with Gasteiger partial charge in [-0.3, -0.25) is 5.01 Å². The van der Waals surface area contributed by atoms with Gasteiger partial charge in [0.1, 0.15) is 12.4 Å². The van der Waals surface area contributed by atoms with Crippen LogP contribution in [0.5, 0.6) is 5.75 Å². The van der Waals surface area contributed by atoms with E-state index in [9.17, 15) is 4.79 Å². The maximum atomic E-state index is 11.9. The number of carbonyl (C=O) groups excluding carboxylic acids is 1. The summed E-state index contributed by atoms with van der Waals surface area (Å²) in [6, 6.07) is 14.5. The van der Waals surface area contributed by atoms with Crippen molar-refractivity contribution in [3.63, 3.8) is 0 Å². The number of anilines is 1. The minimum atomic E-state index is -0.511. The number of hydrogen-bond donors (Lipinski definition) is 2. The highest BCUT2D eigenvalue weighted by molar-refractivity contribution is 5.91. The van der Waals surface area contributed by atoms with E-state index in [1.807, 2.05) is 43.3 Å². The first-order chi connectivity index (χ1) is 10.5. The molecule has 0 saturated carbocycles. The van der Waals surface area contributed by atoms with Crippen LogP contribution in [0.15, 0.2) is 48.5 Å². The molecule has 2 rings (SSSR count). The van der Waals surface area contributed by atoms with E-state index in [-0.39, 0.29) is 0 Å². The summed E-state index contributed by atoms with van der Waals surface area (Å²) in [6.07, 6.45) is 0. The number of carbonyl (C=O) groups is 1. The number of ether oxygens (including phenoxy) is 1. The van der Waals surface area contributed by atoms with Crippen molar-refractivity contribution in [3.8, 4) is 5.75 Å². The second-order valence-electron chi connectivity index (χ2n) is 4.99. The number of hydrogen-bond acceptors (Lipinski definition) is 4. The van der Waals surface area contributed by atoms with E-state index in [2.05, 4.69) is 0 Å². The standard InChI is InChI=1S/C16H20N4O2/c1-12-7-9-14(10-8-12)22-11-13-5-3-4-6-15(13)20(18)16(21)19(2)17/h3-10H,11,17-18H2,1-2H3. The number of rotatable bonds is 4. The van der Waals surface area contributed by atoms with Crippen molar-refractivity contribution in [1.82, 2.24) is 5.01 Å². The quantitative estimate of drug-likeness (QED) is 0.515. The van der Waals surface area contributed by atoms with Gasteiger partial charge in [-0.1, -0.05) is 35.9 Å². The average Bonchev–Trinajstić information content (AvgIpc) is 2.53. The Morgan fingerprint density at radius 3 is 2.36 bits per heavy atom. The van der Waals surface area contributed by atoms with Gasteiger partial charge in [-0.15, -0.1) is 0 Å². The molecular weight excluding hydrogens is 280 g/mol. The molecular formula is C16H20N4O2. The molecule has 0 aliphatic rings. The van der Waals surface area contributed by atoms with Gasteiger partial charge in [0, 0.05) is 12.6 Å². The van der Waals surface area contributed by atoms with Crippen molar-refractivity contribution in [2.75, 3.05) is 12.1 Å². The number of benzene rings is 2. The molecule has 6 nitrogen and oxygen atoms in total. The first-order valence-corrected chi connectivity index (χ1v) is 6.83. The second kappa shape index (κ2) is 6.93. The van der Waals surface area contributed by atoms with Gasteiger partial charge in [-0.25, -0.2) is 21.5 Å². The summed E-state index contributed by atoms with van der Waals surface area (Å²) in [5.74, 6) is 12.0. The fourth-order valence-electron chi connectivity index (χ4n) is 1.94. The number of nitrogens with two attached hydrogens (primary N) is 2. The Labute approximate surface area is 129 Å². The number of amides is 2. The Kier molecular flexibility index (Phi) is 4.98. The molecule has 2 amide bonds. The molecule has 0 heterocycles. The summed E-state index contributed by atoms with van der Waals surface area (Å²) in [6.45, 7) is 2.31. The summed E-state index contributed by atoms with van der Waals surface area (Å²) in [5, 5.41) is 1.94. The summed E-state index contributed by atoms with van der Waals surface area (Å²) in [5.41, 5.74) is 2.51. The van der Waals surface area contributed by atoms with Gasteiger partial charge >= 0.3 is 6.03 Å². The number of para-hydroxylation sites is 1. The molecule has 2 aromatic rings. The Morgan fingerprint density at radius 2 is 1.73 bits per heavy atom. The normalized spacial score (nSPS) is 10.2. The molecule has 0 aromatic heterocycles. The van der Waals surface area contributed by atoms with E-state index >= 15 is 0 Å². The van der Waals surface area contributed by atoms with Crippen LogP contribution in [0.25, 0.3) is 0 Å². The van der Waals surface area contributed by atoms with Crippen LogP contribution in [0.2, 0.25) is 0 Å². The molecule has 0 fully saturated rings. The van der Waals surface area contributed by atoms with Crippen molar-refractivity contribution in [3.05, 3.63) is 59.7 Å². The number of nitrogens with zero attached hydrogens (tertiary/aromatic N) is 2. The van der Waals surface area contributed by atoms with Crippen LogP contribution in [0.3, 0.4) is 0 Å². The molecule has 0 spiro atoms. The van der Waals surface area contributed by atoms with Gasteiger partial charge < -0.3 is 4.74 Å². The minimum Gasteiger partial charge on any atom is -0.489 e. The molecule has 0 atom stereocenters. The van der Waals surface area contributed by atoms with Crippen LogP contribution in [-0.4, -0.2) is 18.1 Å². The second-order valence-corrected chi connectivity index (χ2v) is 4.99. The molecule has 0 radical (unpaired) electrons. The van der Waals surface area contributed by atoms with Gasteiger partial charge in [0.05, 0.1) is 5.69 Å². The van der Waals surface area contributed by atoms with Gasteiger partial charge in [0.2, 0.25) is 0 Å². The predicted molar refractivity (Wildman–Crippen MR) is 86.0 cm³/mol. The first-order valence-electron chi connectivity index (χ1n) is 6.83. The van der Waals surface area contributed by atoms with Crippen LogP contribution in [0, 0.1) is 6.92 Å². The maximum Gasteiger partial charge on any atom is 0.352 e. The van der Waals surface area contributed by atoms with E-state index in [1.165, 1.54) is 7.05 Å². The zero-order valence-corrected chi connectivity index (χ0v) is 12.7. The van der Waals surface area contributed by atoms with Crippen molar-refractivity contribution < 1.29 is 9.53 Å². The number of urea groups is 1. The largest absolute Gasteiger partial charge is 0.489 e. The molecule has 0 aliphatic heterocycles. The monoisotopic (exact) mass is 300 g/mol. The third kappa shape index (κ3) is 3.75. The Balaban J connectivity index is 2.14. The van der Waals surface area contributed by atoms with Gasteiger partial charge in [0.15, 0.2) is 0 Å². The van der Waals surface area contributed by atoms with Crippen LogP contribution < -0.4 is 21.4 Å². The zero-order valence-electron chi connectivity index (χ0n) is 12.7. The molecule has 0 bridgehead atoms. The molecule has 0 unspecified atom stereocenters. The third-order valence-electron chi connectivity index (χ3n) is 3.17. The van der Waals surface area contributed by atoms with E-state index in [4.69, 9.17) is 16.4 Å². The molecule has 6 heteroatoms. The summed E-state index contributed by atoms with van der Waals surface area (Å²) in [7, 11) is 1.44. The Hall–Kier alpha value is -2.57. The Morgan fingerprint density at radius 1 is 1.09 bits per heavy atom. The maximum absolute atomic E-state index is 11.9. The van der Waals surface area contributed by atoms with Crippen LogP contribution in [0.4, 0.5) is 10.5 Å². The smallest absolute Gasteiger partial charge is 0.352 e. The van der Waals surface area contributed by atoms with Crippen molar-refractivity contribution in [2.24, 2.45) is 11.7 Å². The SMILES string of the molecule is Cc1ccc(OCc2ccccc2N(N)C(=O)N(C)N)cc1. The van der Waals surface area contributed by atoms with Crippen molar-refractivity contribution in [1.29, 1.82) is 0 Å². The minimum absolute atomic E-state index is 0.300. The van der Waals surface area contributed by atoms with Gasteiger partial charge in [-0.2, -0.15) is 0 Å². The molecule has 4 N–H and O–H groups in total. The molecule has 22 heavy (non-hydrogen) atoms. The highest BCUT2D eigenvalue weighted by Crippen LogP contribution is 2.21. The third-order valence-corrected chi connectivity index (χ3v) is 3.17. The van der Waals surface area contributed by atoms with Gasteiger partial charge in [-0.05, 0) is 25.1 Å². The fourth-order valence-corrected chi connectivity index (χ4v) is 1.94. The van der Waals surface area contributed by atoms with E-state index in [0.29, 0.717) is 12.3 Å². The Bertz CT molecular complexity index is 641. The van der Waals surface area contributed by atoms with E-state index < -0.39 is 6.03 Å². The lowest BCUT2D eigenvalue weighted by molar-refractivity contribution is 0.216. The summed E-state index contributed by atoms with van der Waals surface area (Å²) < 4.78 is 5.74. The van der Waals surface area contributed by atoms with Gasteiger partial charge in [0.25, 0.3) is 0 Å². The van der Waals surface area contributed by atoms with Crippen molar-refractivity contribution in [2.45, 2.75) is 13.5 Å². The topological polar surface area (TPSA) is 84.8 Å². The lowest BCUT2D eigenvalue weighted by Gasteiger charge is -2.23. The summed E-state index contributed by atoms with van der Waals surface area (Å²) >= 11 is 0. The highest BCUT2D eigenvalue weighted by atomic mass is 16.5. The molecule has 0 aliphatic carbocycles. The lowest BCUT2D eigenvalue weighted by atomic mass is 10.2. The van der Waals surface area contributed by atoms with E-state index in [1.54, 1.807) is 12.1 Å².